The zero-order chi connectivity index (χ0) is 13.0. The van der Waals surface area contributed by atoms with Crippen LogP contribution in [0.4, 0.5) is 4.39 Å². The molecule has 2 heteroatoms. The van der Waals surface area contributed by atoms with Crippen LogP contribution in [-0.4, -0.2) is 12.1 Å². The fraction of sp³-hybridized carbons (Fsp3) is 0.625. The molecule has 1 N–H and O–H groups in total. The predicted molar refractivity (Wildman–Crippen MR) is 74.1 cm³/mol. The van der Waals surface area contributed by atoms with Crippen molar-refractivity contribution in [1.29, 1.82) is 0 Å². The standard InChI is InChI=1S/C16H24FN/c1-12-6-8-16(9-7-12)18-13(2)10-14-4-3-5-15(17)11-14/h3-5,11-13,16,18H,6-10H2,1-2H3. The van der Waals surface area contributed by atoms with Crippen LogP contribution in [0.1, 0.15) is 45.1 Å². The summed E-state index contributed by atoms with van der Waals surface area (Å²) >= 11 is 0. The fourth-order valence-corrected chi connectivity index (χ4v) is 2.91. The summed E-state index contributed by atoms with van der Waals surface area (Å²) in [6.07, 6.45) is 6.15. The first-order valence-electron chi connectivity index (χ1n) is 7.14. The first kappa shape index (κ1) is 13.5. The maximum atomic E-state index is 13.1. The third-order valence-corrected chi connectivity index (χ3v) is 3.97. The van der Waals surface area contributed by atoms with Gasteiger partial charge in [-0.25, -0.2) is 4.39 Å². The molecule has 100 valence electrons. The summed E-state index contributed by atoms with van der Waals surface area (Å²) in [6, 6.07) is 8.02. The van der Waals surface area contributed by atoms with Gasteiger partial charge in [-0.2, -0.15) is 0 Å². The minimum absolute atomic E-state index is 0.133. The third-order valence-electron chi connectivity index (χ3n) is 3.97. The van der Waals surface area contributed by atoms with E-state index in [1.54, 1.807) is 12.1 Å². The molecule has 0 bridgehead atoms. The van der Waals surface area contributed by atoms with Crippen LogP contribution in [0.5, 0.6) is 0 Å². The Labute approximate surface area is 110 Å². The van der Waals surface area contributed by atoms with Crippen LogP contribution in [0.2, 0.25) is 0 Å². The van der Waals surface area contributed by atoms with Crippen molar-refractivity contribution in [3.05, 3.63) is 35.6 Å². The maximum absolute atomic E-state index is 13.1. The van der Waals surface area contributed by atoms with E-state index in [1.807, 2.05) is 6.07 Å². The molecule has 1 aromatic rings. The van der Waals surface area contributed by atoms with Crippen LogP contribution in [0, 0.1) is 11.7 Å². The van der Waals surface area contributed by atoms with Crippen molar-refractivity contribution >= 4 is 0 Å². The van der Waals surface area contributed by atoms with E-state index in [-0.39, 0.29) is 5.82 Å². The van der Waals surface area contributed by atoms with Crippen LogP contribution in [-0.2, 0) is 6.42 Å². The molecular formula is C16H24FN. The van der Waals surface area contributed by atoms with E-state index < -0.39 is 0 Å². The van der Waals surface area contributed by atoms with E-state index in [4.69, 9.17) is 0 Å². The molecule has 0 aliphatic heterocycles. The smallest absolute Gasteiger partial charge is 0.123 e. The molecule has 0 aromatic heterocycles. The van der Waals surface area contributed by atoms with Gasteiger partial charge >= 0.3 is 0 Å². The van der Waals surface area contributed by atoms with Gasteiger partial charge in [0.05, 0.1) is 0 Å². The second-order valence-corrected chi connectivity index (χ2v) is 5.86. The van der Waals surface area contributed by atoms with Gasteiger partial charge in [-0.3, -0.25) is 0 Å². The molecule has 0 amide bonds. The van der Waals surface area contributed by atoms with E-state index in [9.17, 15) is 4.39 Å². The Kier molecular flexibility index (Phi) is 4.76. The van der Waals surface area contributed by atoms with Crippen LogP contribution in [0.3, 0.4) is 0 Å². The largest absolute Gasteiger partial charge is 0.311 e. The number of rotatable bonds is 4. The van der Waals surface area contributed by atoms with Crippen LogP contribution < -0.4 is 5.32 Å². The second kappa shape index (κ2) is 6.33. The lowest BCUT2D eigenvalue weighted by molar-refractivity contribution is 0.290. The number of halogens is 1. The molecule has 1 aliphatic rings. The molecule has 1 saturated carbocycles. The maximum Gasteiger partial charge on any atom is 0.123 e. The molecule has 1 aliphatic carbocycles. The highest BCUT2D eigenvalue weighted by atomic mass is 19.1. The van der Waals surface area contributed by atoms with E-state index in [0.29, 0.717) is 12.1 Å². The second-order valence-electron chi connectivity index (χ2n) is 5.86. The van der Waals surface area contributed by atoms with E-state index in [1.165, 1.54) is 31.7 Å². The van der Waals surface area contributed by atoms with Gasteiger partial charge in [0, 0.05) is 12.1 Å². The monoisotopic (exact) mass is 249 g/mol. The zero-order valence-corrected chi connectivity index (χ0v) is 11.5. The van der Waals surface area contributed by atoms with E-state index in [2.05, 4.69) is 19.2 Å². The minimum atomic E-state index is -0.133. The van der Waals surface area contributed by atoms with Gasteiger partial charge in [0.15, 0.2) is 0 Å². The lowest BCUT2D eigenvalue weighted by Crippen LogP contribution is -2.39. The summed E-state index contributed by atoms with van der Waals surface area (Å²) in [7, 11) is 0. The molecule has 1 unspecified atom stereocenters. The quantitative estimate of drug-likeness (QED) is 0.852. The first-order chi connectivity index (χ1) is 8.63. The highest BCUT2D eigenvalue weighted by Gasteiger charge is 2.19. The molecule has 1 aromatic carbocycles. The topological polar surface area (TPSA) is 12.0 Å². The normalized spacial score (nSPS) is 25.9. The number of hydrogen-bond acceptors (Lipinski definition) is 1. The first-order valence-corrected chi connectivity index (χ1v) is 7.14. The van der Waals surface area contributed by atoms with Gasteiger partial charge in [-0.15, -0.1) is 0 Å². The van der Waals surface area contributed by atoms with Crippen molar-refractivity contribution in [2.75, 3.05) is 0 Å². The van der Waals surface area contributed by atoms with Gasteiger partial charge in [0.2, 0.25) is 0 Å². The summed E-state index contributed by atoms with van der Waals surface area (Å²) in [5.41, 5.74) is 1.08. The Hall–Kier alpha value is -0.890. The summed E-state index contributed by atoms with van der Waals surface area (Å²) in [5, 5.41) is 3.68. The Bertz CT molecular complexity index is 369. The minimum Gasteiger partial charge on any atom is -0.311 e. The fourth-order valence-electron chi connectivity index (χ4n) is 2.91. The average Bonchev–Trinajstić information content (AvgIpc) is 2.32. The van der Waals surface area contributed by atoms with Gasteiger partial charge in [0.1, 0.15) is 5.82 Å². The SMILES string of the molecule is CC1CCC(NC(C)Cc2cccc(F)c2)CC1. The molecule has 1 atom stereocenters. The summed E-state index contributed by atoms with van der Waals surface area (Å²) < 4.78 is 13.1. The molecule has 1 nitrogen and oxygen atoms in total. The van der Waals surface area contributed by atoms with Gasteiger partial charge in [0.25, 0.3) is 0 Å². The lowest BCUT2D eigenvalue weighted by Gasteiger charge is -2.29. The summed E-state index contributed by atoms with van der Waals surface area (Å²) in [4.78, 5) is 0. The lowest BCUT2D eigenvalue weighted by atomic mass is 9.87. The van der Waals surface area contributed by atoms with Crippen molar-refractivity contribution in [1.82, 2.24) is 5.32 Å². The highest BCUT2D eigenvalue weighted by molar-refractivity contribution is 5.17. The Morgan fingerprint density at radius 1 is 1.28 bits per heavy atom. The molecule has 18 heavy (non-hydrogen) atoms. The Morgan fingerprint density at radius 3 is 2.67 bits per heavy atom. The molecular weight excluding hydrogens is 225 g/mol. The van der Waals surface area contributed by atoms with E-state index in [0.717, 1.165) is 17.9 Å². The van der Waals surface area contributed by atoms with Crippen LogP contribution >= 0.6 is 0 Å². The van der Waals surface area contributed by atoms with Crippen molar-refractivity contribution in [2.45, 2.75) is 58.0 Å². The number of benzene rings is 1. The van der Waals surface area contributed by atoms with Crippen LogP contribution in [0.15, 0.2) is 24.3 Å². The highest BCUT2D eigenvalue weighted by Crippen LogP contribution is 2.23. The van der Waals surface area contributed by atoms with Gasteiger partial charge < -0.3 is 5.32 Å². The molecule has 0 saturated heterocycles. The number of hydrogen-bond donors (Lipinski definition) is 1. The third kappa shape index (κ3) is 4.09. The van der Waals surface area contributed by atoms with Crippen molar-refractivity contribution in [2.24, 2.45) is 5.92 Å². The van der Waals surface area contributed by atoms with Crippen molar-refractivity contribution < 1.29 is 4.39 Å². The Balaban J connectivity index is 1.80. The van der Waals surface area contributed by atoms with E-state index >= 15 is 0 Å². The summed E-state index contributed by atoms with van der Waals surface area (Å²) in [6.45, 7) is 4.54. The molecule has 0 spiro atoms. The summed E-state index contributed by atoms with van der Waals surface area (Å²) in [5.74, 6) is 0.757. The van der Waals surface area contributed by atoms with Crippen LogP contribution in [0.25, 0.3) is 0 Å². The average molecular weight is 249 g/mol. The Morgan fingerprint density at radius 2 is 2.00 bits per heavy atom. The molecule has 0 radical (unpaired) electrons. The number of nitrogens with one attached hydrogen (secondary N) is 1. The van der Waals surface area contributed by atoms with Gasteiger partial charge in [-0.1, -0.05) is 19.1 Å². The predicted octanol–water partition coefficient (Wildman–Crippen LogP) is 3.93. The zero-order valence-electron chi connectivity index (χ0n) is 11.5. The van der Waals surface area contributed by atoms with Crippen molar-refractivity contribution in [3.8, 4) is 0 Å². The van der Waals surface area contributed by atoms with Gasteiger partial charge in [-0.05, 0) is 62.6 Å². The molecule has 1 fully saturated rings. The molecule has 0 heterocycles. The van der Waals surface area contributed by atoms with Crippen molar-refractivity contribution in [3.63, 3.8) is 0 Å². The molecule has 2 rings (SSSR count).